The van der Waals surface area contributed by atoms with Crippen LogP contribution in [0, 0.1) is 11.3 Å². The number of nitrogens with two attached hydrogens (primary N) is 1. The number of carbonyl (C=O) groups excluding carboxylic acids is 1. The van der Waals surface area contributed by atoms with Crippen LogP contribution in [0.2, 0.25) is 0 Å². The average Bonchev–Trinajstić information content (AvgIpc) is 2.76. The first-order valence-corrected chi connectivity index (χ1v) is 6.38. The third-order valence-electron chi connectivity index (χ3n) is 3.40. The van der Waals surface area contributed by atoms with E-state index in [2.05, 4.69) is 22.6 Å². The molecule has 1 aliphatic carbocycles. The normalized spacial score (nSPS) is 26.4. The van der Waals surface area contributed by atoms with E-state index in [4.69, 9.17) is 18.0 Å². The van der Waals surface area contributed by atoms with E-state index in [1.807, 2.05) is 0 Å². The zero-order chi connectivity index (χ0) is 13.2. The summed E-state index contributed by atoms with van der Waals surface area (Å²) in [6.45, 7) is 3.19. The Morgan fingerprint density at radius 1 is 1.67 bits per heavy atom. The van der Waals surface area contributed by atoms with Gasteiger partial charge in [0.05, 0.1) is 23.1 Å². The Kier molecular flexibility index (Phi) is 3.60. The van der Waals surface area contributed by atoms with E-state index in [1.165, 1.54) is 0 Å². The van der Waals surface area contributed by atoms with Crippen LogP contribution >= 0.6 is 12.2 Å². The van der Waals surface area contributed by atoms with Gasteiger partial charge in [-0.05, 0) is 18.8 Å². The van der Waals surface area contributed by atoms with Gasteiger partial charge in [0.15, 0.2) is 0 Å². The van der Waals surface area contributed by atoms with Gasteiger partial charge >= 0.3 is 0 Å². The maximum absolute atomic E-state index is 12.1. The maximum atomic E-state index is 12.1. The Labute approximate surface area is 111 Å². The van der Waals surface area contributed by atoms with Crippen molar-refractivity contribution < 1.29 is 4.79 Å². The lowest BCUT2D eigenvalue weighted by molar-refractivity contribution is -0.132. The van der Waals surface area contributed by atoms with Gasteiger partial charge in [-0.1, -0.05) is 24.4 Å². The summed E-state index contributed by atoms with van der Waals surface area (Å²) in [7, 11) is 0. The zero-order valence-electron chi connectivity index (χ0n) is 10.3. The predicted molar refractivity (Wildman–Crippen MR) is 70.6 cm³/mol. The van der Waals surface area contributed by atoms with Crippen LogP contribution in [-0.2, 0) is 11.3 Å². The Balaban J connectivity index is 1.85. The van der Waals surface area contributed by atoms with E-state index in [1.54, 1.807) is 17.1 Å². The van der Waals surface area contributed by atoms with Crippen molar-refractivity contribution in [3.63, 3.8) is 0 Å². The number of carbonyl (C=O) groups is 1. The molecule has 0 aromatic carbocycles. The lowest BCUT2D eigenvalue weighted by atomic mass is 9.62. The number of hydrogen-bond donors (Lipinski definition) is 2. The molecule has 18 heavy (non-hydrogen) atoms. The first kappa shape index (κ1) is 12.9. The summed E-state index contributed by atoms with van der Waals surface area (Å²) in [5.41, 5.74) is 5.08. The first-order chi connectivity index (χ1) is 8.54. The van der Waals surface area contributed by atoms with E-state index in [0.717, 1.165) is 12.8 Å². The molecule has 1 aliphatic rings. The smallest absolute Gasteiger partial charge is 0.233 e. The molecule has 6 nitrogen and oxygen atoms in total. The van der Waals surface area contributed by atoms with Gasteiger partial charge in [0.25, 0.3) is 0 Å². The van der Waals surface area contributed by atoms with E-state index in [0.29, 0.717) is 24.0 Å². The van der Waals surface area contributed by atoms with Crippen molar-refractivity contribution in [3.05, 3.63) is 12.4 Å². The molecule has 0 atom stereocenters. The highest BCUT2D eigenvalue weighted by molar-refractivity contribution is 7.80. The molecule has 98 valence electrons. The molecule has 0 aliphatic heterocycles. The van der Waals surface area contributed by atoms with Crippen LogP contribution in [0.4, 0.5) is 0 Å². The molecular weight excluding hydrogens is 250 g/mol. The summed E-state index contributed by atoms with van der Waals surface area (Å²) in [5, 5.41) is 10.4. The molecule has 0 saturated heterocycles. The number of amides is 1. The van der Waals surface area contributed by atoms with Gasteiger partial charge in [0.1, 0.15) is 0 Å². The highest BCUT2D eigenvalue weighted by Gasteiger charge is 2.50. The maximum Gasteiger partial charge on any atom is 0.233 e. The molecule has 2 rings (SSSR count). The topological polar surface area (TPSA) is 85.8 Å². The summed E-state index contributed by atoms with van der Waals surface area (Å²) < 4.78 is 1.66. The molecule has 1 amide bonds. The minimum atomic E-state index is -0.628. The minimum absolute atomic E-state index is 0.0618. The van der Waals surface area contributed by atoms with Gasteiger partial charge in [0.2, 0.25) is 5.91 Å². The standard InChI is InChI=1S/C11H17N5OS/c1-8-6-11(7-8,9(12)18)10(17)13-2-4-16-5-3-14-15-16/h3,5,8H,2,4,6-7H2,1H3,(H2,12,18)(H,13,17). The third-order valence-corrected chi connectivity index (χ3v) is 3.79. The molecule has 7 heteroatoms. The Hall–Kier alpha value is -1.50. The fraction of sp³-hybridized carbons (Fsp3) is 0.636. The van der Waals surface area contributed by atoms with Crippen LogP contribution in [0.1, 0.15) is 19.8 Å². The van der Waals surface area contributed by atoms with Gasteiger partial charge in [-0.3, -0.25) is 9.48 Å². The average molecular weight is 267 g/mol. The summed E-state index contributed by atoms with van der Waals surface area (Å²) in [6.07, 6.45) is 4.85. The van der Waals surface area contributed by atoms with E-state index < -0.39 is 5.41 Å². The summed E-state index contributed by atoms with van der Waals surface area (Å²) in [6, 6.07) is 0. The van der Waals surface area contributed by atoms with E-state index >= 15 is 0 Å². The van der Waals surface area contributed by atoms with Gasteiger partial charge in [-0.2, -0.15) is 0 Å². The number of thiocarbonyl (C=S) groups is 1. The minimum Gasteiger partial charge on any atom is -0.392 e. The lowest BCUT2D eigenvalue weighted by Crippen LogP contribution is -2.56. The van der Waals surface area contributed by atoms with E-state index in [9.17, 15) is 4.79 Å². The second-order valence-corrected chi connectivity index (χ2v) is 5.32. The van der Waals surface area contributed by atoms with Gasteiger partial charge < -0.3 is 11.1 Å². The fourth-order valence-corrected chi connectivity index (χ4v) is 2.69. The predicted octanol–water partition coefficient (Wildman–Crippen LogP) is 0.0967. The monoisotopic (exact) mass is 267 g/mol. The van der Waals surface area contributed by atoms with Crippen molar-refractivity contribution in [2.45, 2.75) is 26.3 Å². The number of nitrogens with zero attached hydrogens (tertiary/aromatic N) is 3. The van der Waals surface area contributed by atoms with Crippen LogP contribution in [0.25, 0.3) is 0 Å². The molecule has 1 aromatic rings. The number of nitrogens with one attached hydrogen (secondary N) is 1. The van der Waals surface area contributed by atoms with Crippen LogP contribution in [-0.4, -0.2) is 32.4 Å². The molecule has 1 saturated carbocycles. The van der Waals surface area contributed by atoms with Crippen molar-refractivity contribution in [1.29, 1.82) is 0 Å². The highest BCUT2D eigenvalue weighted by Crippen LogP contribution is 2.45. The van der Waals surface area contributed by atoms with Crippen molar-refractivity contribution in [3.8, 4) is 0 Å². The molecular formula is C11H17N5OS. The highest BCUT2D eigenvalue weighted by atomic mass is 32.1. The lowest BCUT2D eigenvalue weighted by Gasteiger charge is -2.44. The van der Waals surface area contributed by atoms with Gasteiger partial charge in [-0.25, -0.2) is 0 Å². The van der Waals surface area contributed by atoms with Crippen molar-refractivity contribution in [2.24, 2.45) is 17.1 Å². The fourth-order valence-electron chi connectivity index (χ4n) is 2.43. The van der Waals surface area contributed by atoms with Crippen LogP contribution in [0.5, 0.6) is 0 Å². The zero-order valence-corrected chi connectivity index (χ0v) is 11.1. The number of rotatable bonds is 5. The number of aromatic nitrogens is 3. The van der Waals surface area contributed by atoms with Crippen LogP contribution in [0.3, 0.4) is 0 Å². The SMILES string of the molecule is CC1CC(C(=O)NCCn2ccnn2)(C(N)=S)C1. The second kappa shape index (κ2) is 5.01. The molecule has 0 spiro atoms. The van der Waals surface area contributed by atoms with Crippen molar-refractivity contribution in [2.75, 3.05) is 6.54 Å². The van der Waals surface area contributed by atoms with Crippen molar-refractivity contribution in [1.82, 2.24) is 20.3 Å². The Morgan fingerprint density at radius 2 is 2.39 bits per heavy atom. The van der Waals surface area contributed by atoms with Crippen LogP contribution in [0.15, 0.2) is 12.4 Å². The van der Waals surface area contributed by atoms with Crippen molar-refractivity contribution >= 4 is 23.1 Å². The molecule has 1 fully saturated rings. The Bertz CT molecular complexity index is 438. The quantitative estimate of drug-likeness (QED) is 0.739. The second-order valence-electron chi connectivity index (χ2n) is 4.88. The molecule has 0 unspecified atom stereocenters. The molecule has 0 radical (unpaired) electrons. The summed E-state index contributed by atoms with van der Waals surface area (Å²) >= 11 is 5.03. The van der Waals surface area contributed by atoms with E-state index in [-0.39, 0.29) is 5.91 Å². The molecule has 1 aromatic heterocycles. The largest absolute Gasteiger partial charge is 0.392 e. The molecule has 3 N–H and O–H groups in total. The molecule has 0 bridgehead atoms. The first-order valence-electron chi connectivity index (χ1n) is 5.97. The Morgan fingerprint density at radius 3 is 2.89 bits per heavy atom. The van der Waals surface area contributed by atoms with Gasteiger partial charge in [-0.15, -0.1) is 5.10 Å². The third kappa shape index (κ3) is 2.35. The van der Waals surface area contributed by atoms with Gasteiger partial charge in [0, 0.05) is 12.7 Å². The molecule has 1 heterocycles. The summed E-state index contributed by atoms with van der Waals surface area (Å²) in [4.78, 5) is 12.4. The van der Waals surface area contributed by atoms with Crippen LogP contribution < -0.4 is 11.1 Å². The number of hydrogen-bond acceptors (Lipinski definition) is 4. The summed E-state index contributed by atoms with van der Waals surface area (Å²) in [5.74, 6) is 0.445.